The van der Waals surface area contributed by atoms with E-state index in [9.17, 15) is 4.79 Å². The summed E-state index contributed by atoms with van der Waals surface area (Å²) in [6.45, 7) is 4.18. The van der Waals surface area contributed by atoms with E-state index in [-0.39, 0.29) is 12.1 Å². The number of nitrogens with zero attached hydrogens (tertiary/aromatic N) is 3. The predicted molar refractivity (Wildman–Crippen MR) is 90.8 cm³/mol. The predicted octanol–water partition coefficient (Wildman–Crippen LogP) is 3.44. The maximum absolute atomic E-state index is 12.0. The summed E-state index contributed by atoms with van der Waals surface area (Å²) in [6.07, 6.45) is 5.98. The van der Waals surface area contributed by atoms with Crippen molar-refractivity contribution < 1.29 is 9.32 Å². The molecular formula is C16H23N5O2S. The molecule has 8 heteroatoms. The largest absolute Gasteiger partial charge is 0.337 e. The van der Waals surface area contributed by atoms with Crippen molar-refractivity contribution in [3.63, 3.8) is 0 Å². The summed E-state index contributed by atoms with van der Waals surface area (Å²) in [6, 6.07) is -0.597. The van der Waals surface area contributed by atoms with Gasteiger partial charge < -0.3 is 15.2 Å². The number of amides is 2. The Labute approximate surface area is 145 Å². The zero-order chi connectivity index (χ0) is 16.9. The summed E-state index contributed by atoms with van der Waals surface area (Å²) in [4.78, 5) is 20.8. The molecule has 1 saturated carbocycles. The van der Waals surface area contributed by atoms with Crippen LogP contribution in [0.5, 0.6) is 0 Å². The van der Waals surface area contributed by atoms with Crippen molar-refractivity contribution in [3.05, 3.63) is 27.8 Å². The Balaban J connectivity index is 1.49. The van der Waals surface area contributed by atoms with Crippen molar-refractivity contribution in [1.29, 1.82) is 0 Å². The number of thiazole rings is 1. The van der Waals surface area contributed by atoms with Gasteiger partial charge in [-0.3, -0.25) is 0 Å². The SMILES string of the molecule is Cc1csc(CNC(=O)NC(C)c2nc(C3CCCCC3)no2)n1. The van der Waals surface area contributed by atoms with E-state index >= 15 is 0 Å². The molecule has 0 bridgehead atoms. The molecule has 1 fully saturated rings. The molecule has 1 aliphatic rings. The first-order valence-electron chi connectivity index (χ1n) is 8.40. The van der Waals surface area contributed by atoms with Gasteiger partial charge in [-0.15, -0.1) is 11.3 Å². The highest BCUT2D eigenvalue weighted by molar-refractivity contribution is 7.09. The smallest absolute Gasteiger partial charge is 0.315 e. The normalized spacial score (nSPS) is 16.8. The van der Waals surface area contributed by atoms with Gasteiger partial charge in [-0.05, 0) is 26.7 Å². The Bertz CT molecular complexity index is 678. The molecule has 2 amide bonds. The van der Waals surface area contributed by atoms with Crippen LogP contribution in [0.15, 0.2) is 9.90 Å². The number of carbonyl (C=O) groups excluding carboxylic acids is 1. The Morgan fingerprint density at radius 1 is 1.38 bits per heavy atom. The lowest BCUT2D eigenvalue weighted by Gasteiger charge is -2.17. The number of hydrogen-bond donors (Lipinski definition) is 2. The zero-order valence-corrected chi connectivity index (χ0v) is 14.9. The Kier molecular flexibility index (Phi) is 5.44. The number of urea groups is 1. The van der Waals surface area contributed by atoms with Crippen LogP contribution in [0.3, 0.4) is 0 Å². The first-order chi connectivity index (χ1) is 11.6. The van der Waals surface area contributed by atoms with E-state index in [1.165, 1.54) is 30.6 Å². The molecule has 0 saturated heterocycles. The van der Waals surface area contributed by atoms with Crippen LogP contribution < -0.4 is 10.6 Å². The molecule has 1 aliphatic carbocycles. The molecule has 0 aliphatic heterocycles. The molecule has 7 nitrogen and oxygen atoms in total. The van der Waals surface area contributed by atoms with E-state index < -0.39 is 0 Å². The highest BCUT2D eigenvalue weighted by atomic mass is 32.1. The van der Waals surface area contributed by atoms with Crippen molar-refractivity contribution in [3.8, 4) is 0 Å². The van der Waals surface area contributed by atoms with Gasteiger partial charge >= 0.3 is 6.03 Å². The van der Waals surface area contributed by atoms with Crippen molar-refractivity contribution in [2.45, 2.75) is 64.5 Å². The van der Waals surface area contributed by atoms with Crippen LogP contribution in [0.25, 0.3) is 0 Å². The standard InChI is InChI=1S/C16H23N5O2S/c1-10-9-24-13(18-10)8-17-16(22)19-11(2)15-20-14(21-23-15)12-6-4-3-5-7-12/h9,11-12H,3-8H2,1-2H3,(H2,17,19,22). The summed E-state index contributed by atoms with van der Waals surface area (Å²) >= 11 is 1.53. The molecule has 1 atom stereocenters. The molecule has 2 N–H and O–H groups in total. The maximum atomic E-state index is 12.0. The van der Waals surface area contributed by atoms with Crippen molar-refractivity contribution in [2.75, 3.05) is 0 Å². The first-order valence-corrected chi connectivity index (χ1v) is 9.28. The quantitative estimate of drug-likeness (QED) is 0.862. The van der Waals surface area contributed by atoms with E-state index in [1.807, 2.05) is 19.2 Å². The summed E-state index contributed by atoms with van der Waals surface area (Å²) in [5.74, 6) is 1.62. The second-order valence-corrected chi connectivity index (χ2v) is 7.20. The minimum absolute atomic E-state index is 0.271. The fourth-order valence-corrected chi connectivity index (χ4v) is 3.61. The lowest BCUT2D eigenvalue weighted by molar-refractivity contribution is 0.233. The Morgan fingerprint density at radius 2 is 2.17 bits per heavy atom. The molecule has 24 heavy (non-hydrogen) atoms. The molecule has 0 spiro atoms. The van der Waals surface area contributed by atoms with E-state index in [1.54, 1.807) is 0 Å². The van der Waals surface area contributed by atoms with Crippen molar-refractivity contribution in [1.82, 2.24) is 25.8 Å². The van der Waals surface area contributed by atoms with Crippen LogP contribution in [0.1, 0.15) is 73.4 Å². The third-order valence-corrected chi connectivity index (χ3v) is 5.18. The fraction of sp³-hybridized carbons (Fsp3) is 0.625. The molecule has 1 unspecified atom stereocenters. The van der Waals surface area contributed by atoms with Gasteiger partial charge in [0.2, 0.25) is 5.89 Å². The number of hydrogen-bond acceptors (Lipinski definition) is 6. The van der Waals surface area contributed by atoms with Gasteiger partial charge in [0, 0.05) is 17.0 Å². The minimum Gasteiger partial charge on any atom is -0.337 e. The average Bonchev–Trinajstić information content (AvgIpc) is 3.23. The number of nitrogens with one attached hydrogen (secondary N) is 2. The van der Waals surface area contributed by atoms with Gasteiger partial charge in [0.05, 0.1) is 6.54 Å². The molecular weight excluding hydrogens is 326 g/mol. The highest BCUT2D eigenvalue weighted by Gasteiger charge is 2.23. The average molecular weight is 349 g/mol. The van der Waals surface area contributed by atoms with Gasteiger partial charge in [-0.25, -0.2) is 9.78 Å². The second-order valence-electron chi connectivity index (χ2n) is 6.26. The number of rotatable bonds is 5. The molecule has 2 heterocycles. The zero-order valence-electron chi connectivity index (χ0n) is 14.0. The maximum Gasteiger partial charge on any atom is 0.315 e. The topological polar surface area (TPSA) is 92.9 Å². The third kappa shape index (κ3) is 4.31. The number of aryl methyl sites for hydroxylation is 1. The third-order valence-electron chi connectivity index (χ3n) is 4.21. The lowest BCUT2D eigenvalue weighted by Crippen LogP contribution is -2.36. The van der Waals surface area contributed by atoms with Crippen LogP contribution in [0.2, 0.25) is 0 Å². The summed E-state index contributed by atoms with van der Waals surface area (Å²) in [5, 5.41) is 12.6. The molecule has 130 valence electrons. The van der Waals surface area contributed by atoms with E-state index in [0.29, 0.717) is 18.4 Å². The van der Waals surface area contributed by atoms with Crippen LogP contribution in [0, 0.1) is 6.92 Å². The highest BCUT2D eigenvalue weighted by Crippen LogP contribution is 2.31. The molecule has 0 radical (unpaired) electrons. The van der Waals surface area contributed by atoms with E-state index in [2.05, 4.69) is 25.8 Å². The van der Waals surface area contributed by atoms with Gasteiger partial charge in [-0.1, -0.05) is 24.4 Å². The number of aromatic nitrogens is 3. The Hall–Kier alpha value is -1.96. The van der Waals surface area contributed by atoms with Gasteiger partial charge in [-0.2, -0.15) is 4.98 Å². The minimum atomic E-state index is -0.326. The van der Waals surface area contributed by atoms with E-state index in [0.717, 1.165) is 29.4 Å². The fourth-order valence-electron chi connectivity index (χ4n) is 2.90. The first kappa shape index (κ1) is 16.9. The monoisotopic (exact) mass is 349 g/mol. The van der Waals surface area contributed by atoms with Gasteiger partial charge in [0.25, 0.3) is 0 Å². The van der Waals surface area contributed by atoms with Crippen LogP contribution >= 0.6 is 11.3 Å². The van der Waals surface area contributed by atoms with E-state index in [4.69, 9.17) is 4.52 Å². The molecule has 0 aromatic carbocycles. The summed E-state index contributed by atoms with van der Waals surface area (Å²) < 4.78 is 5.33. The molecule has 3 rings (SSSR count). The van der Waals surface area contributed by atoms with Crippen LogP contribution in [0.4, 0.5) is 4.79 Å². The van der Waals surface area contributed by atoms with Gasteiger partial charge in [0.1, 0.15) is 11.0 Å². The summed E-state index contributed by atoms with van der Waals surface area (Å²) in [5.41, 5.74) is 0.965. The Morgan fingerprint density at radius 3 is 2.88 bits per heavy atom. The van der Waals surface area contributed by atoms with Crippen molar-refractivity contribution >= 4 is 17.4 Å². The lowest BCUT2D eigenvalue weighted by atomic mass is 9.89. The summed E-state index contributed by atoms with van der Waals surface area (Å²) in [7, 11) is 0. The van der Waals surface area contributed by atoms with Gasteiger partial charge in [0.15, 0.2) is 5.82 Å². The van der Waals surface area contributed by atoms with Crippen LogP contribution in [-0.4, -0.2) is 21.2 Å². The second kappa shape index (κ2) is 7.74. The number of carbonyl (C=O) groups is 1. The molecule has 2 aromatic heterocycles. The van der Waals surface area contributed by atoms with Crippen molar-refractivity contribution in [2.24, 2.45) is 0 Å². The van der Waals surface area contributed by atoms with Crippen LogP contribution in [-0.2, 0) is 6.54 Å². The molecule has 2 aromatic rings.